The van der Waals surface area contributed by atoms with Crippen molar-refractivity contribution in [2.24, 2.45) is 0 Å². The summed E-state index contributed by atoms with van der Waals surface area (Å²) in [6.45, 7) is 0.433. The van der Waals surface area contributed by atoms with Gasteiger partial charge in [-0.1, -0.05) is 36.4 Å². The number of hydrogen-bond acceptors (Lipinski definition) is 3. The molecule has 0 atom stereocenters. The molecule has 0 saturated heterocycles. The van der Waals surface area contributed by atoms with Crippen LogP contribution >= 0.6 is 0 Å². The molecular formula is C18H17N3O2. The number of aromatic nitrogens is 2. The highest BCUT2D eigenvalue weighted by Gasteiger charge is 2.06. The molecule has 1 aromatic heterocycles. The van der Waals surface area contributed by atoms with E-state index in [1.807, 2.05) is 65.4 Å². The fourth-order valence-corrected chi connectivity index (χ4v) is 2.22. The van der Waals surface area contributed by atoms with Crippen LogP contribution in [0, 0.1) is 0 Å². The molecule has 5 nitrogen and oxygen atoms in total. The number of para-hydroxylation sites is 2. The average Bonchev–Trinajstić information content (AvgIpc) is 3.14. The van der Waals surface area contributed by atoms with Crippen molar-refractivity contribution in [1.29, 1.82) is 0 Å². The number of imidazole rings is 1. The van der Waals surface area contributed by atoms with E-state index in [1.165, 1.54) is 0 Å². The molecule has 0 aliphatic rings. The Kier molecular flexibility index (Phi) is 4.69. The third-order valence-corrected chi connectivity index (χ3v) is 3.36. The van der Waals surface area contributed by atoms with Gasteiger partial charge in [-0.05, 0) is 23.8 Å². The zero-order valence-corrected chi connectivity index (χ0v) is 12.6. The number of carbonyl (C=O) groups is 1. The summed E-state index contributed by atoms with van der Waals surface area (Å²) in [5, 5.41) is 2.87. The van der Waals surface area contributed by atoms with E-state index in [1.54, 1.807) is 12.5 Å². The van der Waals surface area contributed by atoms with Crippen LogP contribution in [0.2, 0.25) is 0 Å². The number of nitrogens with zero attached hydrogens (tertiary/aromatic N) is 2. The first kappa shape index (κ1) is 14.8. The van der Waals surface area contributed by atoms with E-state index < -0.39 is 0 Å². The summed E-state index contributed by atoms with van der Waals surface area (Å²) in [7, 11) is 0. The second-order valence-electron chi connectivity index (χ2n) is 4.98. The Balaban J connectivity index is 1.57. The second kappa shape index (κ2) is 7.26. The number of carbonyl (C=O) groups excluding carboxylic acids is 1. The Morgan fingerprint density at radius 3 is 2.65 bits per heavy atom. The third kappa shape index (κ3) is 3.97. The minimum Gasteiger partial charge on any atom is -0.484 e. The lowest BCUT2D eigenvalue weighted by atomic mass is 10.1. The fourth-order valence-electron chi connectivity index (χ4n) is 2.22. The molecule has 116 valence electrons. The standard InChI is InChI=1S/C18H17N3O2/c22-18(13-23-16-7-2-1-3-8-16)20-12-15-6-4-5-9-17(15)21-11-10-19-14-21/h1-11,14H,12-13H2,(H,20,22). The second-order valence-corrected chi connectivity index (χ2v) is 4.98. The van der Waals surface area contributed by atoms with Gasteiger partial charge >= 0.3 is 0 Å². The molecule has 0 spiro atoms. The van der Waals surface area contributed by atoms with Gasteiger partial charge in [-0.25, -0.2) is 4.98 Å². The molecule has 5 heteroatoms. The summed E-state index contributed by atoms with van der Waals surface area (Å²) in [6, 6.07) is 17.2. The minimum atomic E-state index is -0.158. The summed E-state index contributed by atoms with van der Waals surface area (Å²) in [5.74, 6) is 0.524. The third-order valence-electron chi connectivity index (χ3n) is 3.36. The number of rotatable bonds is 6. The SMILES string of the molecule is O=C(COc1ccccc1)NCc1ccccc1-n1ccnc1. The van der Waals surface area contributed by atoms with Crippen molar-refractivity contribution in [3.8, 4) is 11.4 Å². The van der Waals surface area contributed by atoms with Crippen LogP contribution in [0.15, 0.2) is 73.3 Å². The number of amides is 1. The molecular weight excluding hydrogens is 290 g/mol. The first-order valence-corrected chi connectivity index (χ1v) is 7.34. The predicted molar refractivity (Wildman–Crippen MR) is 87.3 cm³/mol. The molecule has 3 rings (SSSR count). The average molecular weight is 307 g/mol. The molecule has 2 aromatic carbocycles. The maximum Gasteiger partial charge on any atom is 0.258 e. The van der Waals surface area contributed by atoms with E-state index >= 15 is 0 Å². The highest BCUT2D eigenvalue weighted by Crippen LogP contribution is 2.13. The van der Waals surface area contributed by atoms with Gasteiger partial charge in [0.25, 0.3) is 5.91 Å². The molecule has 23 heavy (non-hydrogen) atoms. The first-order chi connectivity index (χ1) is 11.3. The van der Waals surface area contributed by atoms with Crippen LogP contribution in [0.1, 0.15) is 5.56 Å². The summed E-state index contributed by atoms with van der Waals surface area (Å²) in [6.07, 6.45) is 5.33. The van der Waals surface area contributed by atoms with Crippen LogP contribution in [0.5, 0.6) is 5.75 Å². The molecule has 1 amide bonds. The largest absolute Gasteiger partial charge is 0.484 e. The van der Waals surface area contributed by atoms with Gasteiger partial charge in [0.2, 0.25) is 0 Å². The van der Waals surface area contributed by atoms with E-state index in [0.717, 1.165) is 11.3 Å². The zero-order chi connectivity index (χ0) is 15.9. The quantitative estimate of drug-likeness (QED) is 0.761. The molecule has 3 aromatic rings. The van der Waals surface area contributed by atoms with Crippen LogP contribution in [-0.4, -0.2) is 22.1 Å². The Morgan fingerprint density at radius 1 is 1.09 bits per heavy atom. The Hall–Kier alpha value is -3.08. The van der Waals surface area contributed by atoms with E-state index in [-0.39, 0.29) is 12.5 Å². The number of hydrogen-bond donors (Lipinski definition) is 1. The molecule has 0 saturated carbocycles. The van der Waals surface area contributed by atoms with Crippen molar-refractivity contribution < 1.29 is 9.53 Å². The van der Waals surface area contributed by atoms with Crippen LogP contribution < -0.4 is 10.1 Å². The molecule has 0 bridgehead atoms. The molecule has 0 aliphatic heterocycles. The highest BCUT2D eigenvalue weighted by molar-refractivity contribution is 5.77. The fraction of sp³-hybridized carbons (Fsp3) is 0.111. The van der Waals surface area contributed by atoms with Gasteiger partial charge in [-0.15, -0.1) is 0 Å². The Morgan fingerprint density at radius 2 is 1.87 bits per heavy atom. The lowest BCUT2D eigenvalue weighted by Gasteiger charge is -2.11. The highest BCUT2D eigenvalue weighted by atomic mass is 16.5. The lowest BCUT2D eigenvalue weighted by molar-refractivity contribution is -0.123. The van der Waals surface area contributed by atoms with E-state index in [9.17, 15) is 4.79 Å². The van der Waals surface area contributed by atoms with Crippen molar-refractivity contribution in [2.45, 2.75) is 6.54 Å². The van der Waals surface area contributed by atoms with Crippen molar-refractivity contribution in [1.82, 2.24) is 14.9 Å². The molecule has 0 fully saturated rings. The summed E-state index contributed by atoms with van der Waals surface area (Å²) >= 11 is 0. The summed E-state index contributed by atoms with van der Waals surface area (Å²) in [4.78, 5) is 16.0. The van der Waals surface area contributed by atoms with Crippen LogP contribution in [0.4, 0.5) is 0 Å². The van der Waals surface area contributed by atoms with Gasteiger partial charge in [0.15, 0.2) is 6.61 Å². The summed E-state index contributed by atoms with van der Waals surface area (Å²) < 4.78 is 7.35. The monoisotopic (exact) mass is 307 g/mol. The van der Waals surface area contributed by atoms with Gasteiger partial charge in [0.05, 0.1) is 12.0 Å². The molecule has 0 aliphatic carbocycles. The van der Waals surface area contributed by atoms with Crippen molar-refractivity contribution in [2.75, 3.05) is 6.61 Å². The van der Waals surface area contributed by atoms with Crippen LogP contribution in [-0.2, 0) is 11.3 Å². The zero-order valence-electron chi connectivity index (χ0n) is 12.6. The Bertz CT molecular complexity index is 755. The lowest BCUT2D eigenvalue weighted by Crippen LogP contribution is -2.28. The van der Waals surface area contributed by atoms with Crippen LogP contribution in [0.3, 0.4) is 0 Å². The molecule has 1 heterocycles. The predicted octanol–water partition coefficient (Wildman–Crippen LogP) is 2.57. The number of nitrogens with one attached hydrogen (secondary N) is 1. The van der Waals surface area contributed by atoms with E-state index in [4.69, 9.17) is 4.74 Å². The number of ether oxygens (including phenoxy) is 1. The topological polar surface area (TPSA) is 56.1 Å². The van der Waals surface area contributed by atoms with Gasteiger partial charge in [-0.3, -0.25) is 4.79 Å². The van der Waals surface area contributed by atoms with Gasteiger partial charge in [0, 0.05) is 18.9 Å². The summed E-state index contributed by atoms with van der Waals surface area (Å²) in [5.41, 5.74) is 2.01. The first-order valence-electron chi connectivity index (χ1n) is 7.34. The van der Waals surface area contributed by atoms with Crippen LogP contribution in [0.25, 0.3) is 5.69 Å². The van der Waals surface area contributed by atoms with Gasteiger partial charge in [0.1, 0.15) is 5.75 Å². The van der Waals surface area contributed by atoms with Crippen molar-refractivity contribution >= 4 is 5.91 Å². The minimum absolute atomic E-state index is 0.00272. The number of benzene rings is 2. The normalized spacial score (nSPS) is 10.3. The van der Waals surface area contributed by atoms with Crippen molar-refractivity contribution in [3.05, 3.63) is 78.9 Å². The smallest absolute Gasteiger partial charge is 0.258 e. The maximum absolute atomic E-state index is 11.9. The maximum atomic E-state index is 11.9. The van der Waals surface area contributed by atoms with Crippen molar-refractivity contribution in [3.63, 3.8) is 0 Å². The van der Waals surface area contributed by atoms with E-state index in [0.29, 0.717) is 12.3 Å². The van der Waals surface area contributed by atoms with E-state index in [2.05, 4.69) is 10.3 Å². The molecule has 1 N–H and O–H groups in total. The van der Waals surface area contributed by atoms with Gasteiger partial charge in [-0.2, -0.15) is 0 Å². The molecule has 0 radical (unpaired) electrons. The Labute approximate surface area is 134 Å². The molecule has 0 unspecified atom stereocenters. The van der Waals surface area contributed by atoms with Gasteiger partial charge < -0.3 is 14.6 Å².